The molecule has 3 rings (SSSR count). The van der Waals surface area contributed by atoms with E-state index in [4.69, 9.17) is 11.6 Å². The summed E-state index contributed by atoms with van der Waals surface area (Å²) in [6, 6.07) is 7.85. The Balaban J connectivity index is 1.74. The summed E-state index contributed by atoms with van der Waals surface area (Å²) in [5.74, 6) is 0.468. The summed E-state index contributed by atoms with van der Waals surface area (Å²) >= 11 is 6.14. The smallest absolute Gasteiger partial charge is 0.246 e. The molecule has 1 saturated heterocycles. The molecule has 0 N–H and O–H groups in total. The number of piperidine rings is 1. The van der Waals surface area contributed by atoms with Gasteiger partial charge in [0.25, 0.3) is 0 Å². The van der Waals surface area contributed by atoms with Gasteiger partial charge in [-0.05, 0) is 50.5 Å². The van der Waals surface area contributed by atoms with E-state index in [1.807, 2.05) is 23.1 Å². The molecular weight excluding hydrogens is 314 g/mol. The number of benzene rings is 1. The van der Waals surface area contributed by atoms with Crippen LogP contribution < -0.4 is 0 Å². The Bertz CT molecular complexity index is 691. The zero-order valence-electron chi connectivity index (χ0n) is 13.3. The number of hydrogen-bond donors (Lipinski definition) is 0. The number of rotatable bonds is 3. The second-order valence-corrected chi connectivity index (χ2v) is 6.46. The number of aromatic nitrogens is 4. The predicted molar refractivity (Wildman–Crippen MR) is 87.9 cm³/mol. The molecule has 7 heteroatoms. The van der Waals surface area contributed by atoms with E-state index in [1.54, 1.807) is 6.07 Å². The number of carbonyl (C=O) groups excluding carboxylic acids is 1. The molecule has 0 aliphatic carbocycles. The highest BCUT2D eigenvalue weighted by molar-refractivity contribution is 6.33. The number of amides is 1. The summed E-state index contributed by atoms with van der Waals surface area (Å²) in [6.45, 7) is 4.29. The molecule has 0 saturated carbocycles. The Hall–Kier alpha value is -1.95. The van der Waals surface area contributed by atoms with Crippen LogP contribution in [0.15, 0.2) is 24.3 Å². The lowest BCUT2D eigenvalue weighted by Crippen LogP contribution is -2.48. The van der Waals surface area contributed by atoms with E-state index in [2.05, 4.69) is 29.3 Å². The summed E-state index contributed by atoms with van der Waals surface area (Å²) in [7, 11) is 0. The van der Waals surface area contributed by atoms with Gasteiger partial charge < -0.3 is 4.90 Å². The van der Waals surface area contributed by atoms with Crippen molar-refractivity contribution >= 4 is 17.5 Å². The summed E-state index contributed by atoms with van der Waals surface area (Å²) in [5.41, 5.74) is 0.715. The van der Waals surface area contributed by atoms with Crippen molar-refractivity contribution in [2.24, 2.45) is 0 Å². The van der Waals surface area contributed by atoms with Crippen LogP contribution in [-0.2, 0) is 11.3 Å². The molecule has 0 bridgehead atoms. The molecule has 23 heavy (non-hydrogen) atoms. The first-order chi connectivity index (χ1) is 11.1. The molecule has 1 aromatic heterocycles. The minimum atomic E-state index is 0.0350. The van der Waals surface area contributed by atoms with Crippen molar-refractivity contribution in [2.45, 2.75) is 51.7 Å². The fraction of sp³-hybridized carbons (Fsp3) is 0.500. The number of nitrogens with zero attached hydrogens (tertiary/aromatic N) is 5. The summed E-state index contributed by atoms with van der Waals surface area (Å²) in [5, 5.41) is 12.9. The molecule has 1 aliphatic rings. The molecule has 0 radical (unpaired) electrons. The van der Waals surface area contributed by atoms with Crippen molar-refractivity contribution in [3.8, 4) is 11.4 Å². The van der Waals surface area contributed by atoms with E-state index in [-0.39, 0.29) is 24.5 Å². The number of carbonyl (C=O) groups is 1. The van der Waals surface area contributed by atoms with Crippen LogP contribution in [-0.4, -0.2) is 43.1 Å². The van der Waals surface area contributed by atoms with Crippen molar-refractivity contribution in [1.29, 1.82) is 0 Å². The highest BCUT2D eigenvalue weighted by Gasteiger charge is 2.29. The first-order valence-corrected chi connectivity index (χ1v) is 8.28. The average Bonchev–Trinajstić information content (AvgIpc) is 2.95. The Labute approximate surface area is 140 Å². The minimum Gasteiger partial charge on any atom is -0.336 e. The van der Waals surface area contributed by atoms with Crippen molar-refractivity contribution < 1.29 is 4.79 Å². The van der Waals surface area contributed by atoms with E-state index in [9.17, 15) is 4.79 Å². The number of halogens is 1. The van der Waals surface area contributed by atoms with Crippen LogP contribution in [0.2, 0.25) is 5.02 Å². The van der Waals surface area contributed by atoms with E-state index in [0.29, 0.717) is 16.4 Å². The Morgan fingerprint density at radius 1 is 1.26 bits per heavy atom. The normalized spacial score (nSPS) is 21.4. The molecule has 2 atom stereocenters. The second-order valence-electron chi connectivity index (χ2n) is 6.05. The zero-order valence-corrected chi connectivity index (χ0v) is 14.1. The van der Waals surface area contributed by atoms with Crippen molar-refractivity contribution in [3.63, 3.8) is 0 Å². The van der Waals surface area contributed by atoms with Gasteiger partial charge in [0.2, 0.25) is 11.7 Å². The SMILES string of the molecule is C[C@@H]1CCC[C@@H](C)N1C(=O)Cn1nnc(-c2ccccc2Cl)n1. The maximum Gasteiger partial charge on any atom is 0.246 e. The van der Waals surface area contributed by atoms with Crippen LogP contribution in [0.25, 0.3) is 11.4 Å². The van der Waals surface area contributed by atoms with Gasteiger partial charge in [-0.15, -0.1) is 10.2 Å². The molecule has 1 aliphatic heterocycles. The fourth-order valence-corrected chi connectivity index (χ4v) is 3.40. The van der Waals surface area contributed by atoms with Gasteiger partial charge in [-0.2, -0.15) is 4.80 Å². The fourth-order valence-electron chi connectivity index (χ4n) is 3.18. The third-order valence-electron chi connectivity index (χ3n) is 4.33. The Morgan fingerprint density at radius 3 is 2.65 bits per heavy atom. The molecule has 2 heterocycles. The highest BCUT2D eigenvalue weighted by atomic mass is 35.5. The Kier molecular flexibility index (Phi) is 4.61. The second kappa shape index (κ2) is 6.66. The maximum absolute atomic E-state index is 12.6. The minimum absolute atomic E-state index is 0.0350. The first kappa shape index (κ1) is 15.9. The van der Waals surface area contributed by atoms with Gasteiger partial charge in [0, 0.05) is 17.6 Å². The number of likely N-dealkylation sites (tertiary alicyclic amines) is 1. The van der Waals surface area contributed by atoms with Gasteiger partial charge in [0.15, 0.2) is 0 Å². The van der Waals surface area contributed by atoms with Gasteiger partial charge in [0.1, 0.15) is 6.54 Å². The molecule has 6 nitrogen and oxygen atoms in total. The highest BCUT2D eigenvalue weighted by Crippen LogP contribution is 2.24. The quantitative estimate of drug-likeness (QED) is 0.866. The third-order valence-corrected chi connectivity index (χ3v) is 4.66. The lowest BCUT2D eigenvalue weighted by atomic mass is 9.97. The standard InChI is InChI=1S/C16H20ClN5O/c1-11-6-5-7-12(2)22(11)15(23)10-21-19-16(18-20-21)13-8-3-4-9-14(13)17/h3-4,8-9,11-12H,5-7,10H2,1-2H3/t11-,12-/m1/s1. The molecule has 1 fully saturated rings. The molecule has 0 unspecified atom stereocenters. The van der Waals surface area contributed by atoms with Crippen LogP contribution in [0.3, 0.4) is 0 Å². The van der Waals surface area contributed by atoms with Gasteiger partial charge >= 0.3 is 0 Å². The van der Waals surface area contributed by atoms with Crippen LogP contribution >= 0.6 is 11.6 Å². The summed E-state index contributed by atoms with van der Waals surface area (Å²) < 4.78 is 0. The van der Waals surface area contributed by atoms with Crippen molar-refractivity contribution in [3.05, 3.63) is 29.3 Å². The average molecular weight is 334 g/mol. The van der Waals surface area contributed by atoms with Gasteiger partial charge in [-0.1, -0.05) is 23.7 Å². The maximum atomic E-state index is 12.6. The van der Waals surface area contributed by atoms with Gasteiger partial charge in [0.05, 0.1) is 5.02 Å². The molecule has 0 spiro atoms. The Morgan fingerprint density at radius 2 is 1.96 bits per heavy atom. The number of hydrogen-bond acceptors (Lipinski definition) is 4. The van der Waals surface area contributed by atoms with Crippen molar-refractivity contribution in [1.82, 2.24) is 25.1 Å². The zero-order chi connectivity index (χ0) is 16.4. The molecule has 1 amide bonds. The molecule has 2 aromatic rings. The lowest BCUT2D eigenvalue weighted by molar-refractivity contribution is -0.138. The van der Waals surface area contributed by atoms with Gasteiger partial charge in [-0.3, -0.25) is 4.79 Å². The van der Waals surface area contributed by atoms with E-state index >= 15 is 0 Å². The van der Waals surface area contributed by atoms with Gasteiger partial charge in [-0.25, -0.2) is 0 Å². The lowest BCUT2D eigenvalue weighted by Gasteiger charge is -2.38. The summed E-state index contributed by atoms with van der Waals surface area (Å²) in [4.78, 5) is 15.9. The van der Waals surface area contributed by atoms with E-state index in [0.717, 1.165) is 12.8 Å². The third kappa shape index (κ3) is 3.37. The van der Waals surface area contributed by atoms with Crippen LogP contribution in [0.5, 0.6) is 0 Å². The summed E-state index contributed by atoms with van der Waals surface area (Å²) in [6.07, 6.45) is 3.27. The molecule has 1 aromatic carbocycles. The molecular formula is C16H20ClN5O. The monoisotopic (exact) mass is 333 g/mol. The number of tetrazole rings is 1. The first-order valence-electron chi connectivity index (χ1n) is 7.90. The van der Waals surface area contributed by atoms with Crippen LogP contribution in [0, 0.1) is 0 Å². The molecule has 122 valence electrons. The van der Waals surface area contributed by atoms with Crippen LogP contribution in [0.4, 0.5) is 0 Å². The van der Waals surface area contributed by atoms with Crippen molar-refractivity contribution in [2.75, 3.05) is 0 Å². The van der Waals surface area contributed by atoms with E-state index < -0.39 is 0 Å². The topological polar surface area (TPSA) is 63.9 Å². The van der Waals surface area contributed by atoms with Crippen LogP contribution in [0.1, 0.15) is 33.1 Å². The predicted octanol–water partition coefficient (Wildman–Crippen LogP) is 2.78. The largest absolute Gasteiger partial charge is 0.336 e. The van der Waals surface area contributed by atoms with E-state index in [1.165, 1.54) is 11.2 Å².